The van der Waals surface area contributed by atoms with Gasteiger partial charge in [0.15, 0.2) is 0 Å². The Morgan fingerprint density at radius 3 is 2.62 bits per heavy atom. The Morgan fingerprint density at radius 2 is 1.79 bits per heavy atom. The molecule has 1 heterocycles. The Hall–Kier alpha value is -1.87. The summed E-state index contributed by atoms with van der Waals surface area (Å²) in [6, 6.07) is 23.7. The van der Waals surface area contributed by atoms with Gasteiger partial charge in [-0.15, -0.1) is 11.8 Å². The van der Waals surface area contributed by atoms with E-state index in [1.807, 2.05) is 23.9 Å². The molecule has 0 bridgehead atoms. The summed E-state index contributed by atoms with van der Waals surface area (Å²) in [5.74, 6) is 1.92. The molecule has 3 aromatic carbocycles. The van der Waals surface area contributed by atoms with E-state index in [0.29, 0.717) is 21.9 Å². The molecule has 29 heavy (non-hydrogen) atoms. The molecule has 0 saturated carbocycles. The molecule has 1 aliphatic carbocycles. The fourth-order valence-corrected chi connectivity index (χ4v) is 5.62. The zero-order valence-corrected chi connectivity index (χ0v) is 18.1. The van der Waals surface area contributed by atoms with Gasteiger partial charge < -0.3 is 5.32 Å². The number of benzene rings is 3. The summed E-state index contributed by atoms with van der Waals surface area (Å²) in [6.45, 7) is 0. The predicted octanol–water partition coefficient (Wildman–Crippen LogP) is 8.11. The molecule has 5 rings (SSSR count). The molecule has 4 heteroatoms. The van der Waals surface area contributed by atoms with Crippen LogP contribution in [0.3, 0.4) is 0 Å². The number of allylic oxidation sites excluding steroid dienone is 2. The van der Waals surface area contributed by atoms with Gasteiger partial charge in [-0.1, -0.05) is 71.8 Å². The van der Waals surface area contributed by atoms with Crippen molar-refractivity contribution in [2.75, 3.05) is 5.32 Å². The molecule has 1 N–H and O–H groups in total. The number of fused-ring (bicyclic) bond motifs is 3. The van der Waals surface area contributed by atoms with Gasteiger partial charge in [-0.25, -0.2) is 0 Å². The lowest BCUT2D eigenvalue weighted by atomic mass is 9.76. The highest BCUT2D eigenvalue weighted by Crippen LogP contribution is 2.50. The number of thioether (sulfide) groups is 1. The summed E-state index contributed by atoms with van der Waals surface area (Å²) in [5, 5.41) is 5.01. The highest BCUT2D eigenvalue weighted by molar-refractivity contribution is 7.98. The Labute approximate surface area is 186 Å². The molecule has 146 valence electrons. The topological polar surface area (TPSA) is 12.0 Å². The Kier molecular flexibility index (Phi) is 5.34. The average molecular weight is 438 g/mol. The molecule has 0 fully saturated rings. The standard InChI is InChI=1S/C25H21Cl2NS/c26-22-11-10-17(14-23(22)27)25-20-8-4-7-19(20)21-13-16(9-12-24(21)28-25)15-29-18-5-2-1-3-6-18/h1-7,9-14,19-20,25,28H,8,15H2/t19-,20+,25+/m1/s1. The van der Waals surface area contributed by atoms with Crippen molar-refractivity contribution < 1.29 is 0 Å². The van der Waals surface area contributed by atoms with Gasteiger partial charge in [0.1, 0.15) is 0 Å². The average Bonchev–Trinajstić information content (AvgIpc) is 3.25. The quantitative estimate of drug-likeness (QED) is 0.326. The van der Waals surface area contributed by atoms with Crippen molar-refractivity contribution in [3.8, 4) is 0 Å². The van der Waals surface area contributed by atoms with Crippen LogP contribution in [0.4, 0.5) is 5.69 Å². The third-order valence-corrected chi connectivity index (χ3v) is 7.70. The van der Waals surface area contributed by atoms with E-state index < -0.39 is 0 Å². The maximum atomic E-state index is 6.30. The normalized spacial score (nSPS) is 22.1. The number of anilines is 1. The molecular weight excluding hydrogens is 417 g/mol. The third-order valence-electron chi connectivity index (χ3n) is 5.88. The van der Waals surface area contributed by atoms with Crippen molar-refractivity contribution in [2.45, 2.75) is 29.0 Å². The van der Waals surface area contributed by atoms with Crippen LogP contribution in [0.1, 0.15) is 35.1 Å². The summed E-state index contributed by atoms with van der Waals surface area (Å²) in [7, 11) is 0. The first-order chi connectivity index (χ1) is 14.2. The summed E-state index contributed by atoms with van der Waals surface area (Å²) in [5.41, 5.74) is 5.20. The lowest BCUT2D eigenvalue weighted by molar-refractivity contribution is 0.425. The van der Waals surface area contributed by atoms with Crippen LogP contribution >= 0.6 is 35.0 Å². The minimum absolute atomic E-state index is 0.238. The van der Waals surface area contributed by atoms with Crippen molar-refractivity contribution in [1.29, 1.82) is 0 Å². The van der Waals surface area contributed by atoms with Crippen molar-refractivity contribution in [1.82, 2.24) is 0 Å². The van der Waals surface area contributed by atoms with Crippen molar-refractivity contribution in [3.05, 3.63) is 106 Å². The summed E-state index contributed by atoms with van der Waals surface area (Å²) in [4.78, 5) is 1.31. The van der Waals surface area contributed by atoms with E-state index in [4.69, 9.17) is 23.2 Å². The monoisotopic (exact) mass is 437 g/mol. The minimum atomic E-state index is 0.238. The fourth-order valence-electron chi connectivity index (χ4n) is 4.45. The largest absolute Gasteiger partial charge is 0.378 e. The third kappa shape index (κ3) is 3.82. The van der Waals surface area contributed by atoms with E-state index in [1.165, 1.54) is 27.3 Å². The first-order valence-corrected chi connectivity index (χ1v) is 11.6. The van der Waals surface area contributed by atoms with Crippen LogP contribution in [0.5, 0.6) is 0 Å². The van der Waals surface area contributed by atoms with Gasteiger partial charge in [0.25, 0.3) is 0 Å². The molecule has 3 atom stereocenters. The van der Waals surface area contributed by atoms with E-state index in [1.54, 1.807) is 0 Å². The lowest BCUT2D eigenvalue weighted by Gasteiger charge is -2.38. The van der Waals surface area contributed by atoms with Gasteiger partial charge >= 0.3 is 0 Å². The molecule has 0 radical (unpaired) electrons. The Bertz CT molecular complexity index is 1060. The van der Waals surface area contributed by atoms with E-state index >= 15 is 0 Å². The molecule has 0 aromatic heterocycles. The van der Waals surface area contributed by atoms with Crippen molar-refractivity contribution in [2.24, 2.45) is 5.92 Å². The van der Waals surface area contributed by atoms with E-state index in [0.717, 1.165) is 12.2 Å². The first-order valence-electron chi connectivity index (χ1n) is 9.88. The molecule has 1 nitrogen and oxygen atoms in total. The second-order valence-corrected chi connectivity index (χ2v) is 9.54. The van der Waals surface area contributed by atoms with Crippen molar-refractivity contribution in [3.63, 3.8) is 0 Å². The number of hydrogen-bond acceptors (Lipinski definition) is 2. The zero-order chi connectivity index (χ0) is 19.8. The summed E-state index contributed by atoms with van der Waals surface area (Å²) < 4.78 is 0. The number of halogens is 2. The van der Waals surface area contributed by atoms with E-state index in [-0.39, 0.29) is 6.04 Å². The molecule has 3 aromatic rings. The number of nitrogens with one attached hydrogen (secondary N) is 1. The molecule has 0 saturated heterocycles. The summed E-state index contributed by atoms with van der Waals surface area (Å²) in [6.07, 6.45) is 5.77. The maximum Gasteiger partial charge on any atom is 0.0595 e. The van der Waals surface area contributed by atoms with Crippen LogP contribution in [0.2, 0.25) is 10.0 Å². The Balaban J connectivity index is 1.42. The second-order valence-electron chi connectivity index (χ2n) is 7.67. The second kappa shape index (κ2) is 8.10. The molecule has 2 aliphatic rings. The fraction of sp³-hybridized carbons (Fsp3) is 0.200. The van der Waals surface area contributed by atoms with Crippen LogP contribution in [0, 0.1) is 5.92 Å². The van der Waals surface area contributed by atoms with Gasteiger partial charge in [0.05, 0.1) is 16.1 Å². The van der Waals surface area contributed by atoms with Gasteiger partial charge in [0, 0.05) is 22.3 Å². The number of hydrogen-bond donors (Lipinski definition) is 1. The van der Waals surface area contributed by atoms with E-state index in [2.05, 4.69) is 72.1 Å². The summed E-state index contributed by atoms with van der Waals surface area (Å²) >= 11 is 14.3. The van der Waals surface area contributed by atoms with Gasteiger partial charge in [0.2, 0.25) is 0 Å². The van der Waals surface area contributed by atoms with Crippen molar-refractivity contribution >= 4 is 40.7 Å². The van der Waals surface area contributed by atoms with Crippen LogP contribution in [-0.2, 0) is 5.75 Å². The van der Waals surface area contributed by atoms with Crippen LogP contribution < -0.4 is 5.32 Å². The SMILES string of the molecule is Clc1ccc([C@@H]2Nc3ccc(CSc4ccccc4)cc3[C@@H]3C=CC[C@@H]32)cc1Cl. The van der Waals surface area contributed by atoms with Crippen LogP contribution in [-0.4, -0.2) is 0 Å². The van der Waals surface area contributed by atoms with Crippen LogP contribution in [0.15, 0.2) is 83.8 Å². The number of rotatable bonds is 4. The molecular formula is C25H21Cl2NS. The molecule has 0 amide bonds. The minimum Gasteiger partial charge on any atom is -0.378 e. The lowest BCUT2D eigenvalue weighted by Crippen LogP contribution is -2.29. The maximum absolute atomic E-state index is 6.30. The first kappa shape index (κ1) is 19.1. The van der Waals surface area contributed by atoms with Gasteiger partial charge in [-0.05, 0) is 59.4 Å². The highest BCUT2D eigenvalue weighted by Gasteiger charge is 2.38. The smallest absolute Gasteiger partial charge is 0.0595 e. The molecule has 0 unspecified atom stereocenters. The highest BCUT2D eigenvalue weighted by atomic mass is 35.5. The zero-order valence-electron chi connectivity index (χ0n) is 15.8. The molecule has 1 aliphatic heterocycles. The molecule has 0 spiro atoms. The Morgan fingerprint density at radius 1 is 0.931 bits per heavy atom. The van der Waals surface area contributed by atoms with Gasteiger partial charge in [-0.3, -0.25) is 0 Å². The van der Waals surface area contributed by atoms with E-state index in [9.17, 15) is 0 Å². The predicted molar refractivity (Wildman–Crippen MR) is 125 cm³/mol. The van der Waals surface area contributed by atoms with Gasteiger partial charge in [-0.2, -0.15) is 0 Å². The van der Waals surface area contributed by atoms with Crippen LogP contribution in [0.25, 0.3) is 0 Å².